The van der Waals surface area contributed by atoms with E-state index in [1.807, 2.05) is 13.8 Å². The van der Waals surface area contributed by atoms with Gasteiger partial charge in [0, 0.05) is 0 Å². The molecule has 1 nitrogen and oxygen atoms in total. The van der Waals surface area contributed by atoms with E-state index in [1.54, 1.807) is 0 Å². The zero-order valence-electron chi connectivity index (χ0n) is 8.69. The second kappa shape index (κ2) is 8.30. The van der Waals surface area contributed by atoms with Crippen molar-refractivity contribution in [2.45, 2.75) is 13.8 Å². The van der Waals surface area contributed by atoms with Gasteiger partial charge >= 0.3 is 23.1 Å². The van der Waals surface area contributed by atoms with Crippen LogP contribution in [0.1, 0.15) is 13.8 Å². The SMILES string of the molecule is CC(C)COc1c(F)c[c-]cc1F.[Br-].[Mg+2]. The van der Waals surface area contributed by atoms with E-state index >= 15 is 0 Å². The molecule has 0 fully saturated rings. The number of halogens is 3. The van der Waals surface area contributed by atoms with E-state index in [9.17, 15) is 8.78 Å². The zero-order valence-corrected chi connectivity index (χ0v) is 11.7. The van der Waals surface area contributed by atoms with Gasteiger partial charge in [-0.25, -0.2) is 0 Å². The topological polar surface area (TPSA) is 9.23 Å². The molecule has 0 radical (unpaired) electrons. The maximum Gasteiger partial charge on any atom is 2.00 e. The minimum absolute atomic E-state index is 0. The second-order valence-electron chi connectivity index (χ2n) is 3.19. The molecule has 80 valence electrons. The summed E-state index contributed by atoms with van der Waals surface area (Å²) in [5.41, 5.74) is 0. The maximum absolute atomic E-state index is 12.9. The molecule has 0 aliphatic heterocycles. The van der Waals surface area contributed by atoms with Gasteiger partial charge in [-0.3, -0.25) is 8.78 Å². The molecule has 0 saturated carbocycles. The molecule has 0 unspecified atom stereocenters. The summed E-state index contributed by atoms with van der Waals surface area (Å²) in [4.78, 5) is 0. The van der Waals surface area contributed by atoms with Crippen LogP contribution in [-0.2, 0) is 0 Å². The first-order chi connectivity index (χ1) is 6.11. The Kier molecular flexibility index (Phi) is 9.69. The van der Waals surface area contributed by atoms with E-state index in [1.165, 1.54) is 0 Å². The molecule has 0 spiro atoms. The van der Waals surface area contributed by atoms with Crippen LogP contribution in [0.3, 0.4) is 0 Å². The summed E-state index contributed by atoms with van der Waals surface area (Å²) in [6.45, 7) is 4.12. The van der Waals surface area contributed by atoms with Gasteiger partial charge in [0.25, 0.3) is 0 Å². The summed E-state index contributed by atoms with van der Waals surface area (Å²) in [6, 6.07) is 4.44. The summed E-state index contributed by atoms with van der Waals surface area (Å²) < 4.78 is 30.8. The van der Waals surface area contributed by atoms with Crippen LogP contribution in [0.4, 0.5) is 8.78 Å². The predicted molar refractivity (Wildman–Crippen MR) is 51.3 cm³/mol. The molecule has 0 aliphatic rings. The molecular weight excluding hydrogens is 278 g/mol. The zero-order chi connectivity index (χ0) is 9.84. The van der Waals surface area contributed by atoms with Gasteiger partial charge < -0.3 is 21.7 Å². The summed E-state index contributed by atoms with van der Waals surface area (Å²) in [5.74, 6) is -1.49. The van der Waals surface area contributed by atoms with Gasteiger partial charge in [0.1, 0.15) is 0 Å². The third-order valence-corrected chi connectivity index (χ3v) is 1.41. The Morgan fingerprint density at radius 1 is 1.27 bits per heavy atom. The van der Waals surface area contributed by atoms with Crippen LogP contribution in [0.2, 0.25) is 0 Å². The molecule has 15 heavy (non-hydrogen) atoms. The number of hydrogen-bond donors (Lipinski definition) is 0. The van der Waals surface area contributed by atoms with E-state index in [4.69, 9.17) is 4.74 Å². The summed E-state index contributed by atoms with van der Waals surface area (Å²) in [7, 11) is 0. The maximum atomic E-state index is 12.9. The summed E-state index contributed by atoms with van der Waals surface area (Å²) in [5, 5.41) is 0. The van der Waals surface area contributed by atoms with Gasteiger partial charge in [-0.1, -0.05) is 13.8 Å². The normalized spacial score (nSPS) is 9.13. The molecule has 0 atom stereocenters. The Labute approximate surface area is 115 Å². The van der Waals surface area contributed by atoms with Crippen LogP contribution >= 0.6 is 0 Å². The number of rotatable bonds is 3. The van der Waals surface area contributed by atoms with Crippen LogP contribution < -0.4 is 21.7 Å². The van der Waals surface area contributed by atoms with E-state index in [0.29, 0.717) is 6.61 Å². The van der Waals surface area contributed by atoms with Gasteiger partial charge in [0.15, 0.2) is 0 Å². The first-order valence-corrected chi connectivity index (χ1v) is 4.09. The van der Waals surface area contributed by atoms with Crippen molar-refractivity contribution in [1.29, 1.82) is 0 Å². The van der Waals surface area contributed by atoms with Crippen molar-refractivity contribution in [3.05, 3.63) is 29.8 Å². The molecule has 0 bridgehead atoms. The molecular formula is C10H11BrF2MgO. The molecule has 0 saturated heterocycles. The first-order valence-electron chi connectivity index (χ1n) is 4.09. The standard InChI is InChI=1S/C10H11F2O.BrH.Mg/c1-7(2)6-13-10-8(11)4-3-5-9(10)12;;/h4-5,7H,6H2,1-2H3;1H;/q-1;;+2/p-1. The van der Waals surface area contributed by atoms with Gasteiger partial charge in [-0.05, 0) is 5.92 Å². The molecule has 0 amide bonds. The van der Waals surface area contributed by atoms with E-state index in [2.05, 4.69) is 6.07 Å². The van der Waals surface area contributed by atoms with Crippen molar-refractivity contribution in [1.82, 2.24) is 0 Å². The van der Waals surface area contributed by atoms with Crippen molar-refractivity contribution in [2.75, 3.05) is 6.61 Å². The monoisotopic (exact) mass is 288 g/mol. The molecule has 1 aromatic carbocycles. The third-order valence-electron chi connectivity index (χ3n) is 1.41. The Hall–Kier alpha value is 0.126. The minimum Gasteiger partial charge on any atom is -1.00 e. The Morgan fingerprint density at radius 3 is 2.13 bits per heavy atom. The number of benzene rings is 1. The van der Waals surface area contributed by atoms with Crippen LogP contribution in [0.25, 0.3) is 0 Å². The van der Waals surface area contributed by atoms with Crippen molar-refractivity contribution in [3.63, 3.8) is 0 Å². The molecule has 0 aliphatic carbocycles. The minimum atomic E-state index is -0.708. The molecule has 1 aromatic rings. The summed E-state index contributed by atoms with van der Waals surface area (Å²) >= 11 is 0. The van der Waals surface area contributed by atoms with Crippen molar-refractivity contribution < 1.29 is 30.5 Å². The second-order valence-corrected chi connectivity index (χ2v) is 3.19. The fourth-order valence-electron chi connectivity index (χ4n) is 0.821. The van der Waals surface area contributed by atoms with Crippen molar-refractivity contribution in [2.24, 2.45) is 5.92 Å². The molecule has 5 heteroatoms. The van der Waals surface area contributed by atoms with Crippen LogP contribution in [0.5, 0.6) is 5.75 Å². The molecule has 1 rings (SSSR count). The third kappa shape index (κ3) is 5.68. The molecule has 0 heterocycles. The van der Waals surface area contributed by atoms with Gasteiger partial charge in [0.2, 0.25) is 0 Å². The largest absolute Gasteiger partial charge is 2.00 e. The average molecular weight is 289 g/mol. The Morgan fingerprint density at radius 2 is 1.73 bits per heavy atom. The Bertz CT molecular complexity index is 275. The van der Waals surface area contributed by atoms with E-state index < -0.39 is 11.6 Å². The van der Waals surface area contributed by atoms with Crippen molar-refractivity contribution in [3.8, 4) is 5.75 Å². The first kappa shape index (κ1) is 17.5. The van der Waals surface area contributed by atoms with Gasteiger partial charge in [-0.15, -0.1) is 12.1 Å². The fraction of sp³-hybridized carbons (Fsp3) is 0.400. The number of ether oxygens (including phenoxy) is 1. The van der Waals surface area contributed by atoms with Gasteiger partial charge in [0.05, 0.1) is 24.0 Å². The number of hydrogen-bond acceptors (Lipinski definition) is 1. The quantitative estimate of drug-likeness (QED) is 0.535. The summed E-state index contributed by atoms with van der Waals surface area (Å²) in [6.07, 6.45) is 0. The average Bonchev–Trinajstić information content (AvgIpc) is 2.03. The van der Waals surface area contributed by atoms with Crippen LogP contribution in [0.15, 0.2) is 12.1 Å². The predicted octanol–water partition coefficient (Wildman–Crippen LogP) is -0.577. The van der Waals surface area contributed by atoms with E-state index in [-0.39, 0.29) is 51.7 Å². The van der Waals surface area contributed by atoms with E-state index in [0.717, 1.165) is 12.1 Å². The Balaban J connectivity index is 0. The van der Waals surface area contributed by atoms with Crippen LogP contribution in [0, 0.1) is 23.6 Å². The van der Waals surface area contributed by atoms with Crippen LogP contribution in [-0.4, -0.2) is 29.7 Å². The van der Waals surface area contributed by atoms with Crippen molar-refractivity contribution >= 4 is 23.1 Å². The fourth-order valence-corrected chi connectivity index (χ4v) is 0.821. The molecule has 0 N–H and O–H groups in total. The molecule has 0 aromatic heterocycles. The smallest absolute Gasteiger partial charge is 1.00 e. The van der Waals surface area contributed by atoms with Gasteiger partial charge in [-0.2, -0.15) is 6.07 Å².